The molecule has 2 rings (SSSR count). The number of amides is 1. The van der Waals surface area contributed by atoms with Crippen LogP contribution in [0.4, 0.5) is 0 Å². The maximum atomic E-state index is 11.6. The van der Waals surface area contributed by atoms with E-state index in [1.54, 1.807) is 14.0 Å². The van der Waals surface area contributed by atoms with Gasteiger partial charge in [0.1, 0.15) is 6.61 Å². The maximum absolute atomic E-state index is 11.6. The second kappa shape index (κ2) is 6.82. The summed E-state index contributed by atoms with van der Waals surface area (Å²) in [6.07, 6.45) is 0. The zero-order valence-corrected chi connectivity index (χ0v) is 11.9. The molecule has 2 N–H and O–H groups in total. The summed E-state index contributed by atoms with van der Waals surface area (Å²) >= 11 is 0. The van der Waals surface area contributed by atoms with Crippen LogP contribution in [0.3, 0.4) is 0 Å². The van der Waals surface area contributed by atoms with Gasteiger partial charge in [-0.1, -0.05) is 24.3 Å². The smallest absolute Gasteiger partial charge is 0.250 e. The number of rotatable bonds is 5. The average molecular weight is 288 g/mol. The van der Waals surface area contributed by atoms with Gasteiger partial charge >= 0.3 is 0 Å². The largest absolute Gasteiger partial charge is 0.339 e. The number of aromatic nitrogens is 4. The predicted octanol–water partition coefficient (Wildman–Crippen LogP) is 0.0907. The molecule has 1 aromatic carbocycles. The van der Waals surface area contributed by atoms with Gasteiger partial charge in [0, 0.05) is 19.2 Å². The Morgan fingerprint density at radius 3 is 2.38 bits per heavy atom. The highest BCUT2D eigenvalue weighted by Gasteiger charge is 2.09. The molecule has 0 radical (unpaired) electrons. The van der Waals surface area contributed by atoms with Crippen LogP contribution in [-0.4, -0.2) is 44.9 Å². The van der Waals surface area contributed by atoms with Crippen LogP contribution in [0.15, 0.2) is 24.3 Å². The highest BCUT2D eigenvalue weighted by Crippen LogP contribution is 2.14. The minimum atomic E-state index is -0.183. The van der Waals surface area contributed by atoms with Gasteiger partial charge in [0.25, 0.3) is 5.91 Å². The van der Waals surface area contributed by atoms with Gasteiger partial charge in [-0.05, 0) is 12.5 Å². The molecule has 0 saturated carbocycles. The van der Waals surface area contributed by atoms with Crippen LogP contribution < -0.4 is 5.90 Å². The van der Waals surface area contributed by atoms with Crippen LogP contribution in [0, 0.1) is 6.92 Å². The van der Waals surface area contributed by atoms with E-state index in [1.807, 2.05) is 24.3 Å². The normalized spacial score (nSPS) is 10.4. The molecule has 1 aromatic heterocycles. The standard InChI is InChI=1S/C13H16N6O2/c1-9-15-17-13(18-16-9)11-5-3-10(4-6-11)7-19(2)12(20)8-21-14/h3-6H,7-8,14H2,1-2H3. The summed E-state index contributed by atoms with van der Waals surface area (Å²) in [4.78, 5) is 17.4. The zero-order valence-electron chi connectivity index (χ0n) is 11.9. The molecular formula is C13H16N6O2. The highest BCUT2D eigenvalue weighted by atomic mass is 16.6. The number of likely N-dealkylation sites (N-methyl/N-ethyl adjacent to an activating group) is 1. The number of nitrogens with two attached hydrogens (primary N) is 1. The lowest BCUT2D eigenvalue weighted by molar-refractivity contribution is -0.135. The molecule has 0 unspecified atom stereocenters. The first kappa shape index (κ1) is 14.9. The molecule has 0 bridgehead atoms. The first-order valence-electron chi connectivity index (χ1n) is 6.29. The van der Waals surface area contributed by atoms with Gasteiger partial charge in [-0.25, -0.2) is 5.90 Å². The first-order valence-corrected chi connectivity index (χ1v) is 6.29. The fraction of sp³-hybridized carbons (Fsp3) is 0.308. The molecule has 1 amide bonds. The maximum Gasteiger partial charge on any atom is 0.250 e. The Morgan fingerprint density at radius 2 is 1.81 bits per heavy atom. The number of carbonyl (C=O) groups excluding carboxylic acids is 1. The number of carbonyl (C=O) groups is 1. The Hall–Kier alpha value is -2.45. The molecule has 0 aliphatic carbocycles. The van der Waals surface area contributed by atoms with E-state index in [2.05, 4.69) is 25.2 Å². The van der Waals surface area contributed by atoms with Crippen molar-refractivity contribution < 1.29 is 9.63 Å². The third kappa shape index (κ3) is 4.01. The van der Waals surface area contributed by atoms with Crippen molar-refractivity contribution >= 4 is 5.91 Å². The van der Waals surface area contributed by atoms with Crippen molar-refractivity contribution in [2.24, 2.45) is 5.90 Å². The molecule has 1 heterocycles. The lowest BCUT2D eigenvalue weighted by Crippen LogP contribution is -2.30. The fourth-order valence-corrected chi connectivity index (χ4v) is 1.70. The van der Waals surface area contributed by atoms with Crippen LogP contribution >= 0.6 is 0 Å². The van der Waals surface area contributed by atoms with Crippen LogP contribution in [0.1, 0.15) is 11.4 Å². The number of benzene rings is 1. The van der Waals surface area contributed by atoms with Crippen molar-refractivity contribution in [1.82, 2.24) is 25.3 Å². The second-order valence-electron chi connectivity index (χ2n) is 4.53. The monoisotopic (exact) mass is 288 g/mol. The molecule has 0 atom stereocenters. The molecule has 8 nitrogen and oxygen atoms in total. The molecule has 0 fully saturated rings. The Bertz CT molecular complexity index is 599. The van der Waals surface area contributed by atoms with Gasteiger partial charge in [-0.2, -0.15) is 0 Å². The lowest BCUT2D eigenvalue weighted by atomic mass is 10.1. The Labute approximate surface area is 121 Å². The highest BCUT2D eigenvalue weighted by molar-refractivity contribution is 5.77. The van der Waals surface area contributed by atoms with Crippen molar-refractivity contribution in [3.63, 3.8) is 0 Å². The van der Waals surface area contributed by atoms with E-state index < -0.39 is 0 Å². The molecule has 110 valence electrons. The van der Waals surface area contributed by atoms with Gasteiger partial charge in [-0.15, -0.1) is 20.4 Å². The third-order valence-corrected chi connectivity index (χ3v) is 2.84. The van der Waals surface area contributed by atoms with Crippen LogP contribution in [0.25, 0.3) is 11.4 Å². The SMILES string of the molecule is Cc1nnc(-c2ccc(CN(C)C(=O)CON)cc2)nn1. The minimum absolute atomic E-state index is 0.136. The third-order valence-electron chi connectivity index (χ3n) is 2.84. The van der Waals surface area contributed by atoms with Crippen molar-refractivity contribution in [3.8, 4) is 11.4 Å². The summed E-state index contributed by atoms with van der Waals surface area (Å²) in [6, 6.07) is 7.51. The fourth-order valence-electron chi connectivity index (χ4n) is 1.70. The number of nitrogens with zero attached hydrogens (tertiary/aromatic N) is 5. The summed E-state index contributed by atoms with van der Waals surface area (Å²) in [6.45, 7) is 2.06. The number of hydrogen-bond acceptors (Lipinski definition) is 7. The average Bonchev–Trinajstić information content (AvgIpc) is 2.49. The quantitative estimate of drug-likeness (QED) is 0.777. The molecule has 0 aliphatic rings. The van der Waals surface area contributed by atoms with Gasteiger partial charge in [0.05, 0.1) is 0 Å². The minimum Gasteiger partial charge on any atom is -0.339 e. The van der Waals surface area contributed by atoms with E-state index in [9.17, 15) is 4.79 Å². The summed E-state index contributed by atoms with van der Waals surface area (Å²) < 4.78 is 0. The van der Waals surface area contributed by atoms with Crippen molar-refractivity contribution in [3.05, 3.63) is 35.7 Å². The van der Waals surface area contributed by atoms with Crippen molar-refractivity contribution in [2.75, 3.05) is 13.7 Å². The molecule has 0 aliphatic heterocycles. The summed E-state index contributed by atoms with van der Waals surface area (Å²) in [7, 11) is 1.69. The number of aryl methyl sites for hydroxylation is 1. The predicted molar refractivity (Wildman–Crippen MR) is 74.4 cm³/mol. The molecule has 0 spiro atoms. The van der Waals surface area contributed by atoms with Crippen molar-refractivity contribution in [2.45, 2.75) is 13.5 Å². The lowest BCUT2D eigenvalue weighted by Gasteiger charge is -2.16. The van der Waals surface area contributed by atoms with E-state index in [4.69, 9.17) is 5.90 Å². The Balaban J connectivity index is 2.05. The van der Waals surface area contributed by atoms with Gasteiger partial charge in [0.2, 0.25) is 5.82 Å². The van der Waals surface area contributed by atoms with Gasteiger partial charge < -0.3 is 4.90 Å². The van der Waals surface area contributed by atoms with E-state index in [-0.39, 0.29) is 12.5 Å². The number of hydrogen-bond donors (Lipinski definition) is 1. The molecule has 21 heavy (non-hydrogen) atoms. The Morgan fingerprint density at radius 1 is 1.19 bits per heavy atom. The molecular weight excluding hydrogens is 272 g/mol. The van der Waals surface area contributed by atoms with Gasteiger partial charge in [-0.3, -0.25) is 9.63 Å². The van der Waals surface area contributed by atoms with E-state index >= 15 is 0 Å². The molecule has 8 heteroatoms. The van der Waals surface area contributed by atoms with E-state index in [0.717, 1.165) is 11.1 Å². The topological polar surface area (TPSA) is 107 Å². The summed E-state index contributed by atoms with van der Waals surface area (Å²) in [5, 5.41) is 15.7. The molecule has 0 saturated heterocycles. The van der Waals surface area contributed by atoms with Crippen LogP contribution in [0.5, 0.6) is 0 Å². The first-order chi connectivity index (χ1) is 10.1. The van der Waals surface area contributed by atoms with Crippen molar-refractivity contribution in [1.29, 1.82) is 0 Å². The van der Waals surface area contributed by atoms with E-state index in [0.29, 0.717) is 18.2 Å². The van der Waals surface area contributed by atoms with Crippen LogP contribution in [-0.2, 0) is 16.2 Å². The Kier molecular flexibility index (Phi) is 4.85. The van der Waals surface area contributed by atoms with E-state index in [1.165, 1.54) is 4.90 Å². The second-order valence-corrected chi connectivity index (χ2v) is 4.53. The van der Waals surface area contributed by atoms with Crippen LogP contribution in [0.2, 0.25) is 0 Å². The van der Waals surface area contributed by atoms with Gasteiger partial charge in [0.15, 0.2) is 5.82 Å². The summed E-state index contributed by atoms with van der Waals surface area (Å²) in [5.74, 6) is 5.69. The molecule has 2 aromatic rings. The zero-order chi connectivity index (χ0) is 15.2. The summed E-state index contributed by atoms with van der Waals surface area (Å²) in [5.41, 5.74) is 1.79.